The fraction of sp³-hybridized carbons (Fsp3) is 0.179. The summed E-state index contributed by atoms with van der Waals surface area (Å²) in [4.78, 5) is 49.0. The van der Waals surface area contributed by atoms with Gasteiger partial charge in [0.1, 0.15) is 34.1 Å². The fourth-order valence-electron chi connectivity index (χ4n) is 6.50. The van der Waals surface area contributed by atoms with E-state index in [4.69, 9.17) is 9.47 Å². The highest BCUT2D eigenvalue weighted by atomic mass is 19.4. The van der Waals surface area contributed by atoms with Crippen LogP contribution in [0.2, 0.25) is 0 Å². The molecule has 0 aromatic heterocycles. The van der Waals surface area contributed by atoms with Crippen LogP contribution >= 0.6 is 0 Å². The van der Waals surface area contributed by atoms with Crippen molar-refractivity contribution < 1.29 is 81.3 Å². The molecule has 0 N–H and O–H groups in total. The highest BCUT2D eigenvalue weighted by Gasteiger charge is 2.51. The van der Waals surface area contributed by atoms with Crippen molar-refractivity contribution >= 4 is 35.0 Å². The molecule has 0 radical (unpaired) electrons. The van der Waals surface area contributed by atoms with Crippen molar-refractivity contribution in [1.29, 1.82) is 0 Å². The lowest BCUT2D eigenvalue weighted by Gasteiger charge is -2.36. The van der Waals surface area contributed by atoms with Gasteiger partial charge in [-0.15, -0.1) is 0 Å². The van der Waals surface area contributed by atoms with Gasteiger partial charge in [-0.25, -0.2) is 9.80 Å². The van der Waals surface area contributed by atoms with E-state index in [0.717, 1.165) is 97.1 Å². The number of amides is 4. The SMILES string of the molecule is O=C1C=CC(=O)N1c1ccc(Oc2ccc(C(CC(F)(F)F)(CC(F)(F)F)c3ccc(Oc4ccc(N5C(=O)C=CC5=O)cc4C(F)(F)F)cc3)cc2)c(C(F)(F)F)c1. The van der Waals surface area contributed by atoms with E-state index < -0.39 is 123 Å². The highest BCUT2D eigenvalue weighted by molar-refractivity contribution is 6.28. The van der Waals surface area contributed by atoms with Crippen LogP contribution in [-0.4, -0.2) is 36.0 Å². The lowest BCUT2D eigenvalue weighted by Crippen LogP contribution is -2.38. The van der Waals surface area contributed by atoms with Gasteiger partial charge in [0.2, 0.25) is 0 Å². The van der Waals surface area contributed by atoms with Crippen molar-refractivity contribution in [3.05, 3.63) is 131 Å². The van der Waals surface area contributed by atoms with Crippen molar-refractivity contribution in [2.45, 2.75) is 43.0 Å². The largest absolute Gasteiger partial charge is 0.457 e. The molecule has 4 amide bonds. The number of hydrogen-bond donors (Lipinski definition) is 0. The molecule has 59 heavy (non-hydrogen) atoms. The number of carbonyl (C=O) groups excluding carboxylic acids is 4. The summed E-state index contributed by atoms with van der Waals surface area (Å²) < 4.78 is 180. The van der Waals surface area contributed by atoms with Gasteiger partial charge in [0.25, 0.3) is 23.6 Å². The number of ether oxygens (including phenoxy) is 2. The van der Waals surface area contributed by atoms with E-state index in [2.05, 4.69) is 0 Å². The van der Waals surface area contributed by atoms with Crippen LogP contribution in [0.15, 0.2) is 109 Å². The van der Waals surface area contributed by atoms with Crippen molar-refractivity contribution in [3.63, 3.8) is 0 Å². The number of rotatable bonds is 10. The smallest absolute Gasteiger partial charge is 0.420 e. The zero-order valence-electron chi connectivity index (χ0n) is 29.2. The Kier molecular flexibility index (Phi) is 10.7. The Balaban J connectivity index is 1.34. The summed E-state index contributed by atoms with van der Waals surface area (Å²) in [5.74, 6) is -6.44. The highest BCUT2D eigenvalue weighted by Crippen LogP contribution is 2.50. The number of alkyl halides is 12. The van der Waals surface area contributed by atoms with Gasteiger partial charge in [0.15, 0.2) is 0 Å². The van der Waals surface area contributed by atoms with Crippen LogP contribution in [-0.2, 0) is 36.9 Å². The molecule has 4 aromatic carbocycles. The van der Waals surface area contributed by atoms with E-state index >= 15 is 0 Å². The molecular weight excluding hydrogens is 820 g/mol. The molecule has 308 valence electrons. The lowest BCUT2D eigenvalue weighted by molar-refractivity contribution is -0.174. The van der Waals surface area contributed by atoms with Gasteiger partial charge in [0.05, 0.1) is 24.2 Å². The second kappa shape index (κ2) is 15.0. The maximum absolute atomic E-state index is 14.2. The normalized spacial score (nSPS) is 15.2. The number of anilines is 2. The van der Waals surface area contributed by atoms with Crippen LogP contribution in [0.3, 0.4) is 0 Å². The molecule has 0 spiro atoms. The molecule has 0 bridgehead atoms. The van der Waals surface area contributed by atoms with Gasteiger partial charge in [-0.3, -0.25) is 19.2 Å². The Morgan fingerprint density at radius 3 is 1.00 bits per heavy atom. The molecule has 4 aromatic rings. The fourth-order valence-corrected chi connectivity index (χ4v) is 6.50. The van der Waals surface area contributed by atoms with Gasteiger partial charge in [-0.05, 0) is 71.8 Å². The maximum Gasteiger partial charge on any atom is 0.420 e. The summed E-state index contributed by atoms with van der Waals surface area (Å²) in [6.45, 7) is 0. The van der Waals surface area contributed by atoms with Gasteiger partial charge in [0, 0.05) is 29.7 Å². The van der Waals surface area contributed by atoms with Crippen molar-refractivity contribution in [1.82, 2.24) is 0 Å². The Labute approximate surface area is 323 Å². The third-order valence-electron chi connectivity index (χ3n) is 8.95. The molecule has 2 aliphatic heterocycles. The summed E-state index contributed by atoms with van der Waals surface area (Å²) in [6, 6.07) is 10.7. The molecule has 0 aliphatic carbocycles. The van der Waals surface area contributed by atoms with E-state index in [1.54, 1.807) is 0 Å². The molecule has 2 heterocycles. The van der Waals surface area contributed by atoms with Crippen molar-refractivity contribution in [2.24, 2.45) is 0 Å². The van der Waals surface area contributed by atoms with E-state index in [1.807, 2.05) is 0 Å². The quantitative estimate of drug-likeness (QED) is 0.117. The number of halogens is 12. The molecular formula is C39H22F12N2O6. The topological polar surface area (TPSA) is 93.2 Å². The number of benzene rings is 4. The summed E-state index contributed by atoms with van der Waals surface area (Å²) in [5.41, 5.74) is -8.14. The van der Waals surface area contributed by atoms with Crippen molar-refractivity contribution in [2.75, 3.05) is 9.80 Å². The minimum Gasteiger partial charge on any atom is -0.457 e. The first-order valence-corrected chi connectivity index (χ1v) is 16.6. The van der Waals surface area contributed by atoms with Gasteiger partial charge < -0.3 is 9.47 Å². The molecule has 6 rings (SSSR count). The Bertz CT molecular complexity index is 2180. The molecule has 8 nitrogen and oxygen atoms in total. The van der Waals surface area contributed by atoms with E-state index in [9.17, 15) is 71.9 Å². The predicted octanol–water partition coefficient (Wildman–Crippen LogP) is 10.4. The third-order valence-corrected chi connectivity index (χ3v) is 8.95. The molecule has 0 unspecified atom stereocenters. The minimum atomic E-state index is -5.27. The standard InChI is InChI=1S/C39H22F12N2O6/c40-36(41,42)19-35(20-37(43,44)45,21-1-7-25(8-2-21)58-29-11-5-23(17-27(29)38(46,47)48)52-31(54)13-14-32(52)55)22-3-9-26(10-4-22)59-30-12-6-24(18-28(30)39(49,50)51)53-33(56)15-16-34(53)57/h1-18H,19-20H2. The monoisotopic (exact) mass is 842 g/mol. The van der Waals surface area contributed by atoms with Crippen LogP contribution < -0.4 is 19.3 Å². The van der Waals surface area contributed by atoms with Crippen LogP contribution in [0.5, 0.6) is 23.0 Å². The lowest BCUT2D eigenvalue weighted by atomic mass is 9.69. The third kappa shape index (κ3) is 9.10. The molecule has 0 atom stereocenters. The van der Waals surface area contributed by atoms with Crippen molar-refractivity contribution in [3.8, 4) is 23.0 Å². The Morgan fingerprint density at radius 1 is 0.424 bits per heavy atom. The number of imide groups is 2. The van der Waals surface area contributed by atoms with Crippen LogP contribution in [0.1, 0.15) is 35.1 Å². The van der Waals surface area contributed by atoms with Crippen LogP contribution in [0, 0.1) is 0 Å². The van der Waals surface area contributed by atoms with Gasteiger partial charge >= 0.3 is 24.7 Å². The van der Waals surface area contributed by atoms with Crippen LogP contribution in [0.25, 0.3) is 0 Å². The Hall–Kier alpha value is -6.60. The second-order valence-electron chi connectivity index (χ2n) is 13.0. The second-order valence-corrected chi connectivity index (χ2v) is 13.0. The average molecular weight is 843 g/mol. The van der Waals surface area contributed by atoms with Crippen LogP contribution in [0.4, 0.5) is 64.1 Å². The number of hydrogen-bond acceptors (Lipinski definition) is 6. The van der Waals surface area contributed by atoms with Gasteiger partial charge in [-0.2, -0.15) is 52.7 Å². The maximum atomic E-state index is 14.2. The molecule has 20 heteroatoms. The van der Waals surface area contributed by atoms with E-state index in [1.165, 1.54) is 0 Å². The van der Waals surface area contributed by atoms with E-state index in [0.29, 0.717) is 21.9 Å². The first-order valence-electron chi connectivity index (χ1n) is 16.6. The van der Waals surface area contributed by atoms with Gasteiger partial charge in [-0.1, -0.05) is 24.3 Å². The number of carbonyl (C=O) groups is 4. The average Bonchev–Trinajstić information content (AvgIpc) is 3.64. The zero-order chi connectivity index (χ0) is 43.3. The molecule has 0 saturated carbocycles. The summed E-state index contributed by atoms with van der Waals surface area (Å²) in [5, 5.41) is 0. The molecule has 2 aliphatic rings. The van der Waals surface area contributed by atoms with E-state index in [-0.39, 0.29) is 0 Å². The Morgan fingerprint density at radius 2 is 0.729 bits per heavy atom. The predicted molar refractivity (Wildman–Crippen MR) is 181 cm³/mol. The molecule has 0 saturated heterocycles. The number of nitrogens with zero attached hydrogens (tertiary/aromatic N) is 2. The first-order chi connectivity index (χ1) is 27.3. The first kappa shape index (κ1) is 42.0. The summed E-state index contributed by atoms with van der Waals surface area (Å²) in [6.07, 6.45) is -21.8. The zero-order valence-corrected chi connectivity index (χ0v) is 29.2. The summed E-state index contributed by atoms with van der Waals surface area (Å²) >= 11 is 0. The minimum absolute atomic E-state index is 0.438. The molecule has 0 fully saturated rings. The summed E-state index contributed by atoms with van der Waals surface area (Å²) in [7, 11) is 0.